The number of fused-ring (bicyclic) bond motifs is 1. The molecule has 0 radical (unpaired) electrons. The van der Waals surface area contributed by atoms with E-state index in [4.69, 9.17) is 9.47 Å². The van der Waals surface area contributed by atoms with Crippen LogP contribution in [0.25, 0.3) is 0 Å². The van der Waals surface area contributed by atoms with Gasteiger partial charge in [0.25, 0.3) is 0 Å². The van der Waals surface area contributed by atoms with Crippen LogP contribution in [0.4, 0.5) is 0 Å². The molecule has 6 heteroatoms. The minimum atomic E-state index is -0.589. The summed E-state index contributed by atoms with van der Waals surface area (Å²) in [4.78, 5) is 11.8. The Morgan fingerprint density at radius 1 is 1.14 bits per heavy atom. The summed E-state index contributed by atoms with van der Waals surface area (Å²) < 4.78 is 11.8. The fraction of sp³-hybridized carbons (Fsp3) is 0.938. The summed E-state index contributed by atoms with van der Waals surface area (Å²) in [5, 5.41) is 16.8. The molecule has 0 spiro atoms. The molecule has 2 saturated carbocycles. The maximum Gasteiger partial charge on any atom is 0.222 e. The Kier molecular flexibility index (Phi) is 4.11. The van der Waals surface area contributed by atoms with Crippen LogP contribution in [0.15, 0.2) is 0 Å². The molecule has 3 N–H and O–H groups in total. The lowest BCUT2D eigenvalue weighted by atomic mass is 9.93. The lowest BCUT2D eigenvalue weighted by Gasteiger charge is -2.29. The minimum absolute atomic E-state index is 0.0603. The molecule has 0 aromatic heterocycles. The second-order valence-corrected chi connectivity index (χ2v) is 7.24. The van der Waals surface area contributed by atoms with Crippen LogP contribution in [0.5, 0.6) is 0 Å². The van der Waals surface area contributed by atoms with Gasteiger partial charge in [-0.25, -0.2) is 0 Å². The van der Waals surface area contributed by atoms with Gasteiger partial charge in [0, 0.05) is 25.0 Å². The Balaban J connectivity index is 1.22. The van der Waals surface area contributed by atoms with E-state index in [-0.39, 0.29) is 30.3 Å². The smallest absolute Gasteiger partial charge is 0.222 e. The van der Waals surface area contributed by atoms with Gasteiger partial charge >= 0.3 is 0 Å². The van der Waals surface area contributed by atoms with Crippen molar-refractivity contribution in [2.75, 3.05) is 6.54 Å². The predicted molar refractivity (Wildman–Crippen MR) is 79.4 cm³/mol. The number of aliphatic hydroxyl groups excluding tert-OH is 1. The Labute approximate surface area is 130 Å². The quantitative estimate of drug-likeness (QED) is 0.648. The number of carbonyl (C=O) groups is 1. The largest absolute Gasteiger partial charge is 0.388 e. The van der Waals surface area contributed by atoms with Gasteiger partial charge in [0.05, 0.1) is 24.7 Å². The van der Waals surface area contributed by atoms with Crippen molar-refractivity contribution in [1.82, 2.24) is 10.6 Å². The summed E-state index contributed by atoms with van der Waals surface area (Å²) in [5.74, 6) is 0.0603. The van der Waals surface area contributed by atoms with E-state index in [0.29, 0.717) is 31.5 Å². The zero-order valence-corrected chi connectivity index (χ0v) is 12.9. The van der Waals surface area contributed by atoms with E-state index in [9.17, 15) is 9.90 Å². The third kappa shape index (κ3) is 3.15. The number of carbonyl (C=O) groups excluding carboxylic acids is 1. The lowest BCUT2D eigenvalue weighted by molar-refractivity contribution is -0.124. The van der Waals surface area contributed by atoms with Crippen molar-refractivity contribution >= 4 is 5.91 Å². The van der Waals surface area contributed by atoms with Gasteiger partial charge in [0.15, 0.2) is 0 Å². The molecule has 2 aliphatic carbocycles. The Morgan fingerprint density at radius 2 is 1.95 bits per heavy atom. The average Bonchev–Trinajstić information content (AvgIpc) is 3.07. The van der Waals surface area contributed by atoms with E-state index >= 15 is 0 Å². The maximum atomic E-state index is 11.8. The third-order valence-corrected chi connectivity index (χ3v) is 5.35. The van der Waals surface area contributed by atoms with Crippen molar-refractivity contribution in [3.8, 4) is 0 Å². The molecular formula is C16H26N2O4. The van der Waals surface area contributed by atoms with Crippen LogP contribution in [0.1, 0.15) is 44.9 Å². The third-order valence-electron chi connectivity index (χ3n) is 5.35. The highest BCUT2D eigenvalue weighted by molar-refractivity contribution is 5.77. The molecule has 22 heavy (non-hydrogen) atoms. The molecule has 6 nitrogen and oxygen atoms in total. The first-order valence-electron chi connectivity index (χ1n) is 8.71. The summed E-state index contributed by atoms with van der Waals surface area (Å²) in [6.45, 7) is 0.690. The van der Waals surface area contributed by atoms with Gasteiger partial charge in [0.1, 0.15) is 12.2 Å². The van der Waals surface area contributed by atoms with Crippen molar-refractivity contribution in [3.63, 3.8) is 0 Å². The maximum absolute atomic E-state index is 11.8. The summed E-state index contributed by atoms with van der Waals surface area (Å²) in [7, 11) is 0. The highest BCUT2D eigenvalue weighted by Crippen LogP contribution is 2.35. The molecule has 0 bridgehead atoms. The molecule has 0 aromatic carbocycles. The Morgan fingerprint density at radius 3 is 2.59 bits per heavy atom. The molecule has 2 heterocycles. The fourth-order valence-corrected chi connectivity index (χ4v) is 3.63. The van der Waals surface area contributed by atoms with Crippen LogP contribution in [-0.2, 0) is 14.3 Å². The predicted octanol–water partition coefficient (Wildman–Crippen LogP) is 0.0830. The Bertz CT molecular complexity index is 424. The highest BCUT2D eigenvalue weighted by atomic mass is 16.6. The molecule has 124 valence electrons. The number of amides is 1. The second kappa shape index (κ2) is 6.07. The average molecular weight is 310 g/mol. The lowest BCUT2D eigenvalue weighted by Crippen LogP contribution is -2.44. The molecule has 5 unspecified atom stereocenters. The van der Waals surface area contributed by atoms with Gasteiger partial charge in [-0.05, 0) is 25.7 Å². The standard InChI is InChI=1S/C16H26N2O4/c19-14(18-10-4-5-10)7-11-6-12-16(21-11)15(20)13(22-12)8-17-9-2-1-3-9/h9-13,15-17,20H,1-8H2,(H,18,19). The minimum Gasteiger partial charge on any atom is -0.388 e. The van der Waals surface area contributed by atoms with Crippen molar-refractivity contribution in [3.05, 3.63) is 0 Å². The molecule has 4 aliphatic rings. The van der Waals surface area contributed by atoms with Crippen LogP contribution in [0.2, 0.25) is 0 Å². The van der Waals surface area contributed by atoms with E-state index in [1.54, 1.807) is 0 Å². The molecule has 2 aliphatic heterocycles. The van der Waals surface area contributed by atoms with Crippen LogP contribution >= 0.6 is 0 Å². The monoisotopic (exact) mass is 310 g/mol. The topological polar surface area (TPSA) is 79.8 Å². The fourth-order valence-electron chi connectivity index (χ4n) is 3.63. The molecule has 5 atom stereocenters. The summed E-state index contributed by atoms with van der Waals surface area (Å²) in [6.07, 6.45) is 5.80. The van der Waals surface area contributed by atoms with Crippen molar-refractivity contribution < 1.29 is 19.4 Å². The highest BCUT2D eigenvalue weighted by Gasteiger charge is 2.50. The summed E-state index contributed by atoms with van der Waals surface area (Å²) >= 11 is 0. The van der Waals surface area contributed by atoms with E-state index in [1.165, 1.54) is 19.3 Å². The van der Waals surface area contributed by atoms with E-state index < -0.39 is 6.10 Å². The van der Waals surface area contributed by atoms with E-state index in [1.807, 2.05) is 0 Å². The van der Waals surface area contributed by atoms with Gasteiger partial charge < -0.3 is 25.2 Å². The number of rotatable bonds is 6. The number of hydrogen-bond acceptors (Lipinski definition) is 5. The SMILES string of the molecule is O=C(CC1CC2OC(CNC3CCC3)C(O)C2O1)NC1CC1. The molecule has 4 rings (SSSR count). The number of ether oxygens (including phenoxy) is 2. The van der Waals surface area contributed by atoms with Crippen LogP contribution in [0.3, 0.4) is 0 Å². The van der Waals surface area contributed by atoms with Crippen LogP contribution in [0, 0.1) is 0 Å². The molecular weight excluding hydrogens is 284 g/mol. The normalized spacial score (nSPS) is 41.2. The summed E-state index contributed by atoms with van der Waals surface area (Å²) in [5.41, 5.74) is 0. The first-order valence-corrected chi connectivity index (χ1v) is 8.71. The summed E-state index contributed by atoms with van der Waals surface area (Å²) in [6, 6.07) is 0.980. The van der Waals surface area contributed by atoms with Crippen LogP contribution < -0.4 is 10.6 Å². The van der Waals surface area contributed by atoms with Gasteiger partial charge in [-0.1, -0.05) is 6.42 Å². The first kappa shape index (κ1) is 14.9. The second-order valence-electron chi connectivity index (χ2n) is 7.24. The number of nitrogens with one attached hydrogen (secondary N) is 2. The number of hydrogen-bond donors (Lipinski definition) is 3. The Hall–Kier alpha value is -0.690. The molecule has 2 saturated heterocycles. The molecule has 1 amide bonds. The van der Waals surface area contributed by atoms with Crippen molar-refractivity contribution in [1.29, 1.82) is 0 Å². The zero-order valence-electron chi connectivity index (χ0n) is 12.9. The van der Waals surface area contributed by atoms with Crippen LogP contribution in [-0.4, -0.2) is 60.2 Å². The van der Waals surface area contributed by atoms with E-state index in [0.717, 1.165) is 12.8 Å². The van der Waals surface area contributed by atoms with Gasteiger partial charge in [0.2, 0.25) is 5.91 Å². The van der Waals surface area contributed by atoms with Gasteiger partial charge in [-0.3, -0.25) is 4.79 Å². The van der Waals surface area contributed by atoms with Crippen molar-refractivity contribution in [2.24, 2.45) is 0 Å². The first-order chi connectivity index (χ1) is 10.7. The van der Waals surface area contributed by atoms with Gasteiger partial charge in [-0.15, -0.1) is 0 Å². The number of aliphatic hydroxyl groups is 1. The molecule has 0 aromatic rings. The van der Waals surface area contributed by atoms with Crippen molar-refractivity contribution in [2.45, 2.75) is 87.5 Å². The zero-order chi connectivity index (χ0) is 15.1. The molecule has 4 fully saturated rings. The van der Waals surface area contributed by atoms with E-state index in [2.05, 4.69) is 10.6 Å². The van der Waals surface area contributed by atoms with Gasteiger partial charge in [-0.2, -0.15) is 0 Å².